The second kappa shape index (κ2) is 14.3. The maximum Gasteiger partial charge on any atom is 0.315 e. The number of aryl methyl sites for hydroxylation is 1. The van der Waals surface area contributed by atoms with E-state index < -0.39 is 0 Å². The van der Waals surface area contributed by atoms with Gasteiger partial charge in [-0.3, -0.25) is 0 Å². The lowest BCUT2D eigenvalue weighted by molar-refractivity contribution is 0.122. The molecule has 3 aromatic rings. The number of nitrogens with zero attached hydrogens (tertiary/aromatic N) is 4. The standard InChI is InChI=1S/C32H45N7O2/c1-6-24-20-27(22-28(21-24)39-16-18-41-19-17-39)35-30-33-14-12-29(36-30)26-10-8-25(9-11-26)23-38(5)15-7-13-34-31(40)37-32(2,3)4/h8-12,14,20-22H,6-7,13,15-19,23H2,1-5H3,(H,33,35,36)(H2,34,37,40). The highest BCUT2D eigenvalue weighted by Gasteiger charge is 2.14. The molecule has 1 aliphatic heterocycles. The normalized spacial score (nSPS) is 13.8. The summed E-state index contributed by atoms with van der Waals surface area (Å²) in [5.74, 6) is 0.581. The number of aromatic nitrogens is 2. The molecular formula is C32H45N7O2. The first-order valence-electron chi connectivity index (χ1n) is 14.6. The fraction of sp³-hybridized carbons (Fsp3) is 0.469. The highest BCUT2D eigenvalue weighted by Crippen LogP contribution is 2.26. The van der Waals surface area contributed by atoms with Crippen LogP contribution < -0.4 is 20.9 Å². The van der Waals surface area contributed by atoms with Crippen LogP contribution in [-0.2, 0) is 17.7 Å². The maximum absolute atomic E-state index is 11.9. The molecule has 0 radical (unpaired) electrons. The molecule has 0 unspecified atom stereocenters. The number of amides is 2. The van der Waals surface area contributed by atoms with Gasteiger partial charge >= 0.3 is 6.03 Å². The monoisotopic (exact) mass is 559 g/mol. The van der Waals surface area contributed by atoms with Gasteiger partial charge in [0.05, 0.1) is 18.9 Å². The zero-order valence-corrected chi connectivity index (χ0v) is 25.2. The van der Waals surface area contributed by atoms with Crippen molar-refractivity contribution in [2.45, 2.75) is 52.6 Å². The third-order valence-corrected chi connectivity index (χ3v) is 6.87. The van der Waals surface area contributed by atoms with Gasteiger partial charge in [-0.1, -0.05) is 31.2 Å². The van der Waals surface area contributed by atoms with Gasteiger partial charge in [0.15, 0.2) is 0 Å². The number of urea groups is 1. The molecule has 4 rings (SSSR count). The molecule has 3 N–H and O–H groups in total. The number of hydrogen-bond acceptors (Lipinski definition) is 7. The Hall–Kier alpha value is -3.69. The molecule has 1 fully saturated rings. The number of anilines is 3. The number of rotatable bonds is 11. The van der Waals surface area contributed by atoms with E-state index in [9.17, 15) is 4.79 Å². The van der Waals surface area contributed by atoms with Gasteiger partial charge in [0.2, 0.25) is 5.95 Å². The van der Waals surface area contributed by atoms with Crippen molar-refractivity contribution in [1.29, 1.82) is 0 Å². The van der Waals surface area contributed by atoms with E-state index >= 15 is 0 Å². The van der Waals surface area contributed by atoms with Gasteiger partial charge in [-0.25, -0.2) is 14.8 Å². The lowest BCUT2D eigenvalue weighted by Crippen LogP contribution is -2.46. The number of nitrogens with one attached hydrogen (secondary N) is 3. The molecule has 0 bridgehead atoms. The summed E-state index contributed by atoms with van der Waals surface area (Å²) in [7, 11) is 2.10. The molecule has 9 heteroatoms. The van der Waals surface area contributed by atoms with Gasteiger partial charge < -0.3 is 30.5 Å². The number of carbonyl (C=O) groups is 1. The second-order valence-corrected chi connectivity index (χ2v) is 11.7. The molecule has 2 aromatic carbocycles. The summed E-state index contributed by atoms with van der Waals surface area (Å²) in [5, 5.41) is 9.28. The fourth-order valence-electron chi connectivity index (χ4n) is 4.77. The van der Waals surface area contributed by atoms with Crippen molar-refractivity contribution in [1.82, 2.24) is 25.5 Å². The summed E-state index contributed by atoms with van der Waals surface area (Å²) >= 11 is 0. The van der Waals surface area contributed by atoms with Gasteiger partial charge in [-0.2, -0.15) is 0 Å². The Morgan fingerprint density at radius 2 is 1.80 bits per heavy atom. The van der Waals surface area contributed by atoms with Gasteiger partial charge in [0, 0.05) is 54.9 Å². The van der Waals surface area contributed by atoms with E-state index in [2.05, 4.69) is 87.2 Å². The molecular weight excluding hydrogens is 514 g/mol. The van der Waals surface area contributed by atoms with Crippen LogP contribution in [0.4, 0.5) is 22.1 Å². The fourth-order valence-corrected chi connectivity index (χ4v) is 4.77. The number of benzene rings is 2. The summed E-state index contributed by atoms with van der Waals surface area (Å²) in [6.07, 6.45) is 3.65. The molecule has 2 amide bonds. The van der Waals surface area contributed by atoms with Crippen molar-refractivity contribution in [2.24, 2.45) is 0 Å². The Balaban J connectivity index is 1.32. The third-order valence-electron chi connectivity index (χ3n) is 6.87. The van der Waals surface area contributed by atoms with Crippen LogP contribution in [0.5, 0.6) is 0 Å². The van der Waals surface area contributed by atoms with Crippen LogP contribution in [0.25, 0.3) is 11.3 Å². The quantitative estimate of drug-likeness (QED) is 0.278. The largest absolute Gasteiger partial charge is 0.378 e. The van der Waals surface area contributed by atoms with Gasteiger partial charge in [-0.05, 0) is 82.6 Å². The van der Waals surface area contributed by atoms with Crippen LogP contribution >= 0.6 is 0 Å². The van der Waals surface area contributed by atoms with Crippen molar-refractivity contribution >= 4 is 23.4 Å². The molecule has 0 aliphatic carbocycles. The molecule has 9 nitrogen and oxygen atoms in total. The summed E-state index contributed by atoms with van der Waals surface area (Å²) in [6.45, 7) is 13.8. The van der Waals surface area contributed by atoms with Crippen molar-refractivity contribution in [2.75, 3.05) is 56.7 Å². The molecule has 220 valence electrons. The van der Waals surface area contributed by atoms with Crippen LogP contribution in [0.1, 0.15) is 45.2 Å². The second-order valence-electron chi connectivity index (χ2n) is 11.7. The van der Waals surface area contributed by atoms with E-state index in [1.165, 1.54) is 16.8 Å². The first-order valence-corrected chi connectivity index (χ1v) is 14.6. The number of morpholine rings is 1. The molecule has 1 aliphatic rings. The summed E-state index contributed by atoms with van der Waals surface area (Å²) in [6, 6.07) is 16.9. The van der Waals surface area contributed by atoms with E-state index in [1.807, 2.05) is 26.8 Å². The Morgan fingerprint density at radius 3 is 2.51 bits per heavy atom. The van der Waals surface area contributed by atoms with E-state index in [4.69, 9.17) is 9.72 Å². The Labute approximate surface area is 244 Å². The van der Waals surface area contributed by atoms with Crippen molar-refractivity contribution in [3.63, 3.8) is 0 Å². The Morgan fingerprint density at radius 1 is 1.05 bits per heavy atom. The maximum atomic E-state index is 11.9. The van der Waals surface area contributed by atoms with Crippen molar-refractivity contribution < 1.29 is 9.53 Å². The molecule has 1 saturated heterocycles. The summed E-state index contributed by atoms with van der Waals surface area (Å²) in [5.41, 5.74) is 6.39. The van der Waals surface area contributed by atoms with E-state index in [0.717, 1.165) is 69.2 Å². The topological polar surface area (TPSA) is 94.7 Å². The van der Waals surface area contributed by atoms with Crippen LogP contribution in [0.15, 0.2) is 54.7 Å². The van der Waals surface area contributed by atoms with E-state index in [1.54, 1.807) is 6.20 Å². The zero-order valence-electron chi connectivity index (χ0n) is 25.2. The molecule has 0 saturated carbocycles. The van der Waals surface area contributed by atoms with Crippen LogP contribution in [0.2, 0.25) is 0 Å². The first-order chi connectivity index (χ1) is 19.7. The highest BCUT2D eigenvalue weighted by atomic mass is 16.5. The predicted octanol–water partition coefficient (Wildman–Crippen LogP) is 5.21. The molecule has 2 heterocycles. The third kappa shape index (κ3) is 9.72. The average Bonchev–Trinajstić information content (AvgIpc) is 2.95. The van der Waals surface area contributed by atoms with Crippen LogP contribution in [0, 0.1) is 0 Å². The SMILES string of the molecule is CCc1cc(Nc2nccc(-c3ccc(CN(C)CCCNC(=O)NC(C)(C)C)cc3)n2)cc(N2CCOCC2)c1. The van der Waals surface area contributed by atoms with Gasteiger partial charge in [0.1, 0.15) is 0 Å². The van der Waals surface area contributed by atoms with Crippen LogP contribution in [0.3, 0.4) is 0 Å². The molecule has 41 heavy (non-hydrogen) atoms. The summed E-state index contributed by atoms with van der Waals surface area (Å²) in [4.78, 5) is 25.8. The Bertz CT molecular complexity index is 1270. The van der Waals surface area contributed by atoms with Crippen molar-refractivity contribution in [3.05, 3.63) is 65.9 Å². The Kier molecular flexibility index (Phi) is 10.5. The lowest BCUT2D eigenvalue weighted by atomic mass is 10.1. The molecule has 1 aromatic heterocycles. The van der Waals surface area contributed by atoms with Crippen LogP contribution in [-0.4, -0.2) is 72.9 Å². The number of hydrogen-bond donors (Lipinski definition) is 3. The minimum Gasteiger partial charge on any atom is -0.378 e. The van der Waals surface area contributed by atoms with Gasteiger partial charge in [-0.15, -0.1) is 0 Å². The average molecular weight is 560 g/mol. The zero-order chi connectivity index (χ0) is 29.2. The first kappa shape index (κ1) is 30.3. The van der Waals surface area contributed by atoms with Gasteiger partial charge in [0.25, 0.3) is 0 Å². The highest BCUT2D eigenvalue weighted by molar-refractivity contribution is 5.74. The smallest absolute Gasteiger partial charge is 0.315 e. The number of carbonyl (C=O) groups excluding carboxylic acids is 1. The molecule has 0 spiro atoms. The minimum absolute atomic E-state index is 0.119. The van der Waals surface area contributed by atoms with E-state index in [0.29, 0.717) is 12.5 Å². The molecule has 0 atom stereocenters. The minimum atomic E-state index is -0.231. The lowest BCUT2D eigenvalue weighted by Gasteiger charge is -2.29. The van der Waals surface area contributed by atoms with Crippen molar-refractivity contribution in [3.8, 4) is 11.3 Å². The summed E-state index contributed by atoms with van der Waals surface area (Å²) < 4.78 is 5.53. The van der Waals surface area contributed by atoms with E-state index in [-0.39, 0.29) is 11.6 Å². The predicted molar refractivity (Wildman–Crippen MR) is 167 cm³/mol. The number of ether oxygens (including phenoxy) is 1.